The number of carbonyl (C=O) groups excluding carboxylic acids is 1. The van der Waals surface area contributed by atoms with E-state index in [2.05, 4.69) is 15.0 Å². The van der Waals surface area contributed by atoms with Crippen molar-refractivity contribution >= 4 is 11.6 Å². The Labute approximate surface area is 156 Å². The fourth-order valence-electron chi connectivity index (χ4n) is 2.84. The predicted molar refractivity (Wildman–Crippen MR) is 102 cm³/mol. The van der Waals surface area contributed by atoms with Gasteiger partial charge < -0.3 is 25.3 Å². The largest absolute Gasteiger partial charge is 0.481 e. The Morgan fingerprint density at radius 1 is 1.44 bits per heavy atom. The summed E-state index contributed by atoms with van der Waals surface area (Å²) in [5.74, 6) is 0.376. The van der Waals surface area contributed by atoms with Gasteiger partial charge in [0.25, 0.3) is 5.56 Å². The van der Waals surface area contributed by atoms with Crippen molar-refractivity contribution in [3.05, 3.63) is 47.2 Å². The number of hydrogen-bond acceptors (Lipinski definition) is 7. The van der Waals surface area contributed by atoms with Crippen LogP contribution in [0.2, 0.25) is 0 Å². The molecular weight excluding hydrogens is 348 g/mol. The number of pyridine rings is 1. The Kier molecular flexibility index (Phi) is 5.51. The molecular formula is C18H22N6O3. The van der Waals surface area contributed by atoms with Crippen LogP contribution >= 0.6 is 0 Å². The number of H-pyrrole nitrogens is 1. The monoisotopic (exact) mass is 370 g/mol. The third-order valence-corrected chi connectivity index (χ3v) is 4.53. The Balaban J connectivity index is 1.76. The predicted octanol–water partition coefficient (Wildman–Crippen LogP) is 0.00240. The van der Waals surface area contributed by atoms with Crippen LogP contribution in [0.15, 0.2) is 41.6 Å². The number of rotatable bonds is 6. The Morgan fingerprint density at radius 2 is 2.22 bits per heavy atom. The lowest BCUT2D eigenvalue weighted by molar-refractivity contribution is -0.130. The molecule has 1 fully saturated rings. The molecule has 1 aliphatic rings. The average Bonchev–Trinajstić information content (AvgIpc) is 2.65. The van der Waals surface area contributed by atoms with E-state index >= 15 is 0 Å². The highest BCUT2D eigenvalue weighted by molar-refractivity contribution is 5.88. The number of likely N-dealkylation sites (N-methyl/N-ethyl adjacent to an activating group) is 1. The first-order valence-electron chi connectivity index (χ1n) is 8.51. The first-order chi connectivity index (χ1) is 13.0. The lowest BCUT2D eigenvalue weighted by atomic mass is 10.1. The summed E-state index contributed by atoms with van der Waals surface area (Å²) in [5, 5.41) is 0. The first kappa shape index (κ1) is 18.6. The molecule has 3 rings (SSSR count). The van der Waals surface area contributed by atoms with Crippen LogP contribution in [0, 0.1) is 0 Å². The minimum atomic E-state index is -0.199. The van der Waals surface area contributed by atoms with Crippen LogP contribution in [0.1, 0.15) is 0 Å². The van der Waals surface area contributed by atoms with Gasteiger partial charge in [0, 0.05) is 50.6 Å². The number of nitrogens with one attached hydrogen (secondary N) is 1. The highest BCUT2D eigenvalue weighted by atomic mass is 16.5. The van der Waals surface area contributed by atoms with Crippen LogP contribution in [0.3, 0.4) is 0 Å². The second-order valence-electron chi connectivity index (χ2n) is 6.19. The zero-order valence-electron chi connectivity index (χ0n) is 15.3. The van der Waals surface area contributed by atoms with Crippen LogP contribution in [-0.2, 0) is 4.79 Å². The lowest BCUT2D eigenvalue weighted by Gasteiger charge is -2.44. The number of aromatic amines is 1. The normalized spacial score (nSPS) is 14.3. The number of aromatic nitrogens is 3. The Hall–Kier alpha value is -3.20. The van der Waals surface area contributed by atoms with E-state index in [1.54, 1.807) is 29.3 Å². The van der Waals surface area contributed by atoms with Gasteiger partial charge in [-0.25, -0.2) is 9.97 Å². The molecule has 3 N–H and O–H groups in total. The zero-order chi connectivity index (χ0) is 19.4. The number of nitrogens with two attached hydrogens (primary N) is 1. The number of ether oxygens (including phenoxy) is 1. The minimum absolute atomic E-state index is 0.0662. The Morgan fingerprint density at radius 3 is 2.93 bits per heavy atom. The number of methoxy groups -OCH3 is 1. The molecule has 2 aromatic heterocycles. The van der Waals surface area contributed by atoms with Crippen LogP contribution in [0.4, 0.5) is 5.69 Å². The topological polar surface area (TPSA) is 117 Å². The van der Waals surface area contributed by atoms with E-state index in [0.29, 0.717) is 36.9 Å². The van der Waals surface area contributed by atoms with E-state index in [4.69, 9.17) is 10.5 Å². The van der Waals surface area contributed by atoms with Crippen LogP contribution in [0.5, 0.6) is 5.88 Å². The smallest absolute Gasteiger partial charge is 0.271 e. The van der Waals surface area contributed by atoms with Crippen LogP contribution in [-0.4, -0.2) is 65.6 Å². The lowest BCUT2D eigenvalue weighted by Crippen LogP contribution is -2.60. The molecule has 0 spiro atoms. The van der Waals surface area contributed by atoms with Gasteiger partial charge in [0.2, 0.25) is 11.8 Å². The minimum Gasteiger partial charge on any atom is -0.481 e. The summed E-state index contributed by atoms with van der Waals surface area (Å²) in [4.78, 5) is 38.8. The van der Waals surface area contributed by atoms with Crippen molar-refractivity contribution < 1.29 is 9.53 Å². The highest BCUT2D eigenvalue weighted by Crippen LogP contribution is 2.24. The van der Waals surface area contributed by atoms with Crippen molar-refractivity contribution in [1.29, 1.82) is 0 Å². The van der Waals surface area contributed by atoms with Crippen molar-refractivity contribution in [3.63, 3.8) is 0 Å². The van der Waals surface area contributed by atoms with Gasteiger partial charge >= 0.3 is 0 Å². The molecule has 9 heteroatoms. The molecule has 0 atom stereocenters. The van der Waals surface area contributed by atoms with Gasteiger partial charge in [-0.15, -0.1) is 0 Å². The number of amides is 1. The van der Waals surface area contributed by atoms with E-state index in [1.807, 2.05) is 11.9 Å². The van der Waals surface area contributed by atoms with Crippen molar-refractivity contribution in [3.8, 4) is 17.1 Å². The molecule has 0 unspecified atom stereocenters. The molecule has 1 saturated heterocycles. The zero-order valence-corrected chi connectivity index (χ0v) is 15.3. The summed E-state index contributed by atoms with van der Waals surface area (Å²) in [6, 6.07) is 3.54. The second kappa shape index (κ2) is 8.00. The first-order valence-corrected chi connectivity index (χ1v) is 8.51. The quantitative estimate of drug-likeness (QED) is 0.687. The van der Waals surface area contributed by atoms with E-state index in [1.165, 1.54) is 19.5 Å². The number of anilines is 1. The second-order valence-corrected chi connectivity index (χ2v) is 6.19. The number of likely N-dealkylation sites (tertiary alicyclic amines) is 1. The van der Waals surface area contributed by atoms with Gasteiger partial charge in [-0.1, -0.05) is 6.08 Å². The van der Waals surface area contributed by atoms with Crippen LogP contribution < -0.4 is 20.9 Å². The van der Waals surface area contributed by atoms with Gasteiger partial charge in [-0.05, 0) is 6.07 Å². The molecule has 27 heavy (non-hydrogen) atoms. The fourth-order valence-corrected chi connectivity index (χ4v) is 2.84. The van der Waals surface area contributed by atoms with Crippen molar-refractivity contribution in [1.82, 2.24) is 19.9 Å². The summed E-state index contributed by atoms with van der Waals surface area (Å²) in [6.07, 6.45) is 6.12. The number of hydrogen-bond donors (Lipinski definition) is 2. The van der Waals surface area contributed by atoms with E-state index in [-0.39, 0.29) is 17.5 Å². The van der Waals surface area contributed by atoms with Gasteiger partial charge in [0.05, 0.1) is 18.8 Å². The average molecular weight is 370 g/mol. The van der Waals surface area contributed by atoms with E-state index in [0.717, 1.165) is 5.56 Å². The van der Waals surface area contributed by atoms with Gasteiger partial charge in [0.15, 0.2) is 0 Å². The SMILES string of the molecule is COc1cc(-c2c[nH]c(=O)c(N(C)C3CN(C(=O)C=CCN)C3)c2)ncn1. The molecule has 1 amide bonds. The summed E-state index contributed by atoms with van der Waals surface area (Å²) < 4.78 is 5.12. The maximum absolute atomic E-state index is 12.3. The third-order valence-electron chi connectivity index (χ3n) is 4.53. The molecule has 2 aromatic rings. The van der Waals surface area contributed by atoms with E-state index in [9.17, 15) is 9.59 Å². The molecule has 0 aromatic carbocycles. The number of carbonyl (C=O) groups is 1. The number of nitrogens with zero attached hydrogens (tertiary/aromatic N) is 4. The van der Waals surface area contributed by atoms with Gasteiger partial charge in [-0.3, -0.25) is 9.59 Å². The molecule has 0 bridgehead atoms. The molecule has 0 radical (unpaired) electrons. The molecule has 142 valence electrons. The molecule has 1 aliphatic heterocycles. The van der Waals surface area contributed by atoms with Crippen molar-refractivity contribution in [2.24, 2.45) is 5.73 Å². The molecule has 3 heterocycles. The molecule has 9 nitrogen and oxygen atoms in total. The van der Waals surface area contributed by atoms with Gasteiger partial charge in [0.1, 0.15) is 12.0 Å². The summed E-state index contributed by atoms with van der Waals surface area (Å²) >= 11 is 0. The summed E-state index contributed by atoms with van der Waals surface area (Å²) in [5.41, 5.74) is 7.07. The maximum atomic E-state index is 12.3. The summed E-state index contributed by atoms with van der Waals surface area (Å²) in [7, 11) is 3.38. The van der Waals surface area contributed by atoms with Crippen molar-refractivity contribution in [2.75, 3.05) is 38.7 Å². The van der Waals surface area contributed by atoms with Crippen LogP contribution in [0.25, 0.3) is 11.3 Å². The molecule has 0 saturated carbocycles. The van der Waals surface area contributed by atoms with Crippen molar-refractivity contribution in [2.45, 2.75) is 6.04 Å². The standard InChI is InChI=1S/C18H22N6O3/c1-23(13-9-24(10-13)17(25)4-3-5-19)15-6-12(8-20-18(15)26)14-7-16(27-2)22-11-21-14/h3-4,6-8,11,13H,5,9-10,19H2,1-2H3,(H,20,26). The van der Waals surface area contributed by atoms with Gasteiger partial charge in [-0.2, -0.15) is 0 Å². The molecule has 0 aliphatic carbocycles. The van der Waals surface area contributed by atoms with E-state index < -0.39 is 0 Å². The third kappa shape index (κ3) is 3.98. The maximum Gasteiger partial charge on any atom is 0.271 e. The summed E-state index contributed by atoms with van der Waals surface area (Å²) in [6.45, 7) is 1.43. The highest BCUT2D eigenvalue weighted by Gasteiger charge is 2.33. The Bertz CT molecular complexity index is 904. The fraction of sp³-hybridized carbons (Fsp3) is 0.333.